The topological polar surface area (TPSA) is 66.8 Å². The summed E-state index contributed by atoms with van der Waals surface area (Å²) < 4.78 is 31.7. The molecule has 1 N–H and O–H groups in total. The fourth-order valence-electron chi connectivity index (χ4n) is 1.44. The zero-order valence-electron chi connectivity index (χ0n) is 10.5. The van der Waals surface area contributed by atoms with Crippen LogP contribution in [0.5, 0.6) is 0 Å². The molecule has 0 saturated heterocycles. The summed E-state index contributed by atoms with van der Waals surface area (Å²) in [5.41, 5.74) is 0. The van der Waals surface area contributed by atoms with Crippen LogP contribution in [-0.2, 0) is 21.4 Å². The van der Waals surface area contributed by atoms with Gasteiger partial charge in [0, 0.05) is 25.1 Å². The molecule has 0 saturated carbocycles. The Morgan fingerprint density at radius 2 is 2.32 bits per heavy atom. The van der Waals surface area contributed by atoms with Gasteiger partial charge in [0.15, 0.2) is 0 Å². The van der Waals surface area contributed by atoms with Crippen molar-refractivity contribution in [1.82, 2.24) is 4.31 Å². The molecule has 1 aromatic heterocycles. The zero-order valence-corrected chi connectivity index (χ0v) is 13.7. The van der Waals surface area contributed by atoms with E-state index in [0.29, 0.717) is 15.3 Å². The number of sulfonamides is 1. The van der Waals surface area contributed by atoms with Crippen LogP contribution in [-0.4, -0.2) is 44.6 Å². The van der Waals surface area contributed by atoms with E-state index in [0.717, 1.165) is 0 Å². The van der Waals surface area contributed by atoms with Crippen LogP contribution in [0.1, 0.15) is 4.88 Å². The van der Waals surface area contributed by atoms with Crippen molar-refractivity contribution in [3.8, 4) is 0 Å². The lowest BCUT2D eigenvalue weighted by Crippen LogP contribution is -2.34. The summed E-state index contributed by atoms with van der Waals surface area (Å²) >= 11 is 4.43. The summed E-state index contributed by atoms with van der Waals surface area (Å²) in [5.74, 6) is 0. The Bertz CT molecular complexity index is 527. The van der Waals surface area contributed by atoms with Crippen molar-refractivity contribution in [3.05, 3.63) is 27.4 Å². The standard InChI is InChI=1S/C11H16BrNO4S2/c1-3-4-13(5-6-17-2)19(15,16)10-7-9(8-14)18-11(10)12/h3,7,14H,1,4-6,8H2,2H3. The van der Waals surface area contributed by atoms with Crippen molar-refractivity contribution >= 4 is 37.3 Å². The summed E-state index contributed by atoms with van der Waals surface area (Å²) in [5, 5.41) is 9.07. The molecule has 0 bridgehead atoms. The van der Waals surface area contributed by atoms with Crippen LogP contribution in [0.25, 0.3) is 0 Å². The molecule has 8 heteroatoms. The van der Waals surface area contributed by atoms with E-state index in [1.807, 2.05) is 0 Å². The smallest absolute Gasteiger partial charge is 0.245 e. The quantitative estimate of drug-likeness (QED) is 0.709. The summed E-state index contributed by atoms with van der Waals surface area (Å²) in [6.45, 7) is 4.15. The Morgan fingerprint density at radius 3 is 2.79 bits per heavy atom. The predicted molar refractivity (Wildman–Crippen MR) is 78.8 cm³/mol. The van der Waals surface area contributed by atoms with Crippen LogP contribution in [0, 0.1) is 0 Å². The average molecular weight is 370 g/mol. The van der Waals surface area contributed by atoms with Crippen LogP contribution in [0.15, 0.2) is 27.4 Å². The maximum atomic E-state index is 12.5. The normalized spacial score (nSPS) is 12.0. The van der Waals surface area contributed by atoms with E-state index in [-0.39, 0.29) is 24.6 Å². The summed E-state index contributed by atoms with van der Waals surface area (Å²) in [7, 11) is -2.10. The first-order valence-electron chi connectivity index (χ1n) is 5.46. The fraction of sp³-hybridized carbons (Fsp3) is 0.455. The first-order valence-corrected chi connectivity index (χ1v) is 8.51. The minimum absolute atomic E-state index is 0.166. The van der Waals surface area contributed by atoms with E-state index in [1.54, 1.807) is 0 Å². The molecule has 19 heavy (non-hydrogen) atoms. The molecule has 0 aromatic carbocycles. The van der Waals surface area contributed by atoms with Gasteiger partial charge in [-0.25, -0.2) is 8.42 Å². The molecule has 5 nitrogen and oxygen atoms in total. The Morgan fingerprint density at radius 1 is 1.63 bits per heavy atom. The lowest BCUT2D eigenvalue weighted by atomic mass is 10.5. The van der Waals surface area contributed by atoms with Crippen molar-refractivity contribution < 1.29 is 18.3 Å². The zero-order chi connectivity index (χ0) is 14.5. The monoisotopic (exact) mass is 369 g/mol. The molecule has 0 aliphatic heterocycles. The largest absolute Gasteiger partial charge is 0.391 e. The SMILES string of the molecule is C=CCN(CCOC)S(=O)(=O)c1cc(CO)sc1Br. The number of thiophene rings is 1. The summed E-state index contributed by atoms with van der Waals surface area (Å²) in [6.07, 6.45) is 1.53. The van der Waals surface area contributed by atoms with Crippen molar-refractivity contribution in [3.63, 3.8) is 0 Å². The molecule has 0 amide bonds. The molecule has 1 aromatic rings. The van der Waals surface area contributed by atoms with Gasteiger partial charge >= 0.3 is 0 Å². The first kappa shape index (κ1) is 16.8. The highest BCUT2D eigenvalue weighted by atomic mass is 79.9. The lowest BCUT2D eigenvalue weighted by molar-refractivity contribution is 0.182. The van der Waals surface area contributed by atoms with Crippen molar-refractivity contribution in [2.45, 2.75) is 11.5 Å². The second kappa shape index (κ2) is 7.51. The van der Waals surface area contributed by atoms with Gasteiger partial charge in [-0.05, 0) is 22.0 Å². The fourth-order valence-corrected chi connectivity index (χ4v) is 5.32. The van der Waals surface area contributed by atoms with Crippen molar-refractivity contribution in [1.29, 1.82) is 0 Å². The number of hydrogen-bond acceptors (Lipinski definition) is 5. The molecular weight excluding hydrogens is 354 g/mol. The average Bonchev–Trinajstić information content (AvgIpc) is 2.76. The molecule has 108 valence electrons. The third-order valence-electron chi connectivity index (χ3n) is 2.36. The Hall–Kier alpha value is -0.250. The van der Waals surface area contributed by atoms with Gasteiger partial charge in [-0.2, -0.15) is 4.31 Å². The van der Waals surface area contributed by atoms with Gasteiger partial charge in [0.25, 0.3) is 0 Å². The van der Waals surface area contributed by atoms with Crippen molar-refractivity contribution in [2.75, 3.05) is 26.8 Å². The highest BCUT2D eigenvalue weighted by Gasteiger charge is 2.27. The third-order valence-corrected chi connectivity index (χ3v) is 6.46. The van der Waals surface area contributed by atoms with E-state index in [9.17, 15) is 8.42 Å². The number of aliphatic hydroxyl groups is 1. The molecule has 0 atom stereocenters. The van der Waals surface area contributed by atoms with E-state index in [2.05, 4.69) is 22.5 Å². The maximum absolute atomic E-state index is 12.5. The summed E-state index contributed by atoms with van der Waals surface area (Å²) in [4.78, 5) is 0.759. The van der Waals surface area contributed by atoms with Crippen LogP contribution in [0.3, 0.4) is 0 Å². The predicted octanol–water partition coefficient (Wildman–Crippen LogP) is 1.83. The van der Waals surface area contributed by atoms with Crippen LogP contribution >= 0.6 is 27.3 Å². The van der Waals surface area contributed by atoms with Gasteiger partial charge in [0.1, 0.15) is 4.90 Å². The van der Waals surface area contributed by atoms with E-state index < -0.39 is 10.0 Å². The minimum atomic E-state index is -3.62. The number of rotatable bonds is 8. The lowest BCUT2D eigenvalue weighted by Gasteiger charge is -2.19. The van der Waals surface area contributed by atoms with E-state index in [4.69, 9.17) is 9.84 Å². The van der Waals surface area contributed by atoms with Crippen molar-refractivity contribution in [2.24, 2.45) is 0 Å². The number of methoxy groups -OCH3 is 1. The van der Waals surface area contributed by atoms with Gasteiger partial charge in [-0.15, -0.1) is 17.9 Å². The second-order valence-corrected chi connectivity index (χ2v) is 8.01. The highest BCUT2D eigenvalue weighted by molar-refractivity contribution is 9.11. The van der Waals surface area contributed by atoms with Crippen LogP contribution in [0.4, 0.5) is 0 Å². The highest BCUT2D eigenvalue weighted by Crippen LogP contribution is 2.33. The molecular formula is C11H16BrNO4S2. The molecule has 0 aliphatic rings. The minimum Gasteiger partial charge on any atom is -0.391 e. The Kier molecular flexibility index (Phi) is 6.64. The molecule has 0 aliphatic carbocycles. The van der Waals surface area contributed by atoms with E-state index >= 15 is 0 Å². The number of hydrogen-bond donors (Lipinski definition) is 1. The number of aliphatic hydroxyl groups excluding tert-OH is 1. The third kappa shape index (κ3) is 4.11. The number of ether oxygens (including phenoxy) is 1. The van der Waals surface area contributed by atoms with Gasteiger partial charge in [-0.3, -0.25) is 0 Å². The molecule has 0 unspecified atom stereocenters. The molecule has 1 rings (SSSR count). The summed E-state index contributed by atoms with van der Waals surface area (Å²) in [6, 6.07) is 1.48. The Labute approximate surface area is 125 Å². The van der Waals surface area contributed by atoms with Crippen LogP contribution in [0.2, 0.25) is 0 Å². The van der Waals surface area contributed by atoms with Crippen LogP contribution < -0.4 is 0 Å². The van der Waals surface area contributed by atoms with Gasteiger partial charge in [-0.1, -0.05) is 6.08 Å². The molecule has 0 radical (unpaired) electrons. The number of halogens is 1. The maximum Gasteiger partial charge on any atom is 0.245 e. The molecule has 1 heterocycles. The van der Waals surface area contributed by atoms with E-state index in [1.165, 1.54) is 34.9 Å². The molecule has 0 fully saturated rings. The van der Waals surface area contributed by atoms with Gasteiger partial charge < -0.3 is 9.84 Å². The number of nitrogens with zero attached hydrogens (tertiary/aromatic N) is 1. The van der Waals surface area contributed by atoms with Gasteiger partial charge in [0.2, 0.25) is 10.0 Å². The second-order valence-electron chi connectivity index (χ2n) is 3.65. The Balaban J connectivity index is 3.10. The first-order chi connectivity index (χ1) is 8.97. The molecule has 0 spiro atoms. The van der Waals surface area contributed by atoms with Gasteiger partial charge in [0.05, 0.1) is 17.0 Å².